The van der Waals surface area contributed by atoms with Crippen LogP contribution >= 0.6 is 11.6 Å². The number of aliphatic hydroxyl groups excluding tert-OH is 1. The topological polar surface area (TPSA) is 58.0 Å². The summed E-state index contributed by atoms with van der Waals surface area (Å²) in [6.07, 6.45) is 3.68. The van der Waals surface area contributed by atoms with Gasteiger partial charge in [0.2, 0.25) is 0 Å². The Morgan fingerprint density at radius 3 is 2.78 bits per heavy atom. The molecule has 0 bridgehead atoms. The Kier molecular flexibility index (Phi) is 6.98. The third-order valence-corrected chi connectivity index (χ3v) is 3.09. The molecule has 1 heterocycles. The first kappa shape index (κ1) is 15.2. The first-order valence-electron chi connectivity index (χ1n) is 6.57. The third kappa shape index (κ3) is 5.19. The van der Waals surface area contributed by atoms with Crippen LogP contribution in [0.1, 0.15) is 38.9 Å². The van der Waals surface area contributed by atoms with Gasteiger partial charge in [0, 0.05) is 25.6 Å². The zero-order valence-electron chi connectivity index (χ0n) is 11.1. The standard InChI is InChI=1S/C13H22ClN3O/c1-3-5-12-16-11(14)8-13(17-12)15-9-10(4-2)6-7-18/h8,10,18H,3-7,9H2,1-2H3,(H,15,16,17). The van der Waals surface area contributed by atoms with E-state index in [1.165, 1.54) is 0 Å². The number of halogens is 1. The predicted molar refractivity (Wildman–Crippen MR) is 75.0 cm³/mol. The van der Waals surface area contributed by atoms with Crippen molar-refractivity contribution in [1.82, 2.24) is 9.97 Å². The number of aromatic nitrogens is 2. The molecule has 1 rings (SSSR count). The fourth-order valence-corrected chi connectivity index (χ4v) is 1.97. The highest BCUT2D eigenvalue weighted by Crippen LogP contribution is 2.14. The maximum Gasteiger partial charge on any atom is 0.134 e. The summed E-state index contributed by atoms with van der Waals surface area (Å²) in [6, 6.07) is 1.74. The van der Waals surface area contributed by atoms with Gasteiger partial charge in [0.1, 0.15) is 16.8 Å². The monoisotopic (exact) mass is 271 g/mol. The minimum absolute atomic E-state index is 0.228. The van der Waals surface area contributed by atoms with Crippen molar-refractivity contribution < 1.29 is 5.11 Å². The van der Waals surface area contributed by atoms with E-state index in [4.69, 9.17) is 16.7 Å². The van der Waals surface area contributed by atoms with Crippen LogP contribution in [0.5, 0.6) is 0 Å². The molecular formula is C13H22ClN3O. The molecule has 0 amide bonds. The number of nitrogens with zero attached hydrogens (tertiary/aromatic N) is 2. The van der Waals surface area contributed by atoms with E-state index in [2.05, 4.69) is 29.1 Å². The molecule has 0 fully saturated rings. The van der Waals surface area contributed by atoms with Gasteiger partial charge in [-0.2, -0.15) is 0 Å². The molecule has 1 aromatic rings. The number of rotatable bonds is 8. The zero-order chi connectivity index (χ0) is 13.4. The van der Waals surface area contributed by atoms with E-state index < -0.39 is 0 Å². The quantitative estimate of drug-likeness (QED) is 0.714. The first-order valence-corrected chi connectivity index (χ1v) is 6.95. The highest BCUT2D eigenvalue weighted by molar-refractivity contribution is 6.29. The number of hydrogen-bond donors (Lipinski definition) is 2. The molecule has 4 nitrogen and oxygen atoms in total. The van der Waals surface area contributed by atoms with Crippen LogP contribution in [0.25, 0.3) is 0 Å². The van der Waals surface area contributed by atoms with Crippen LogP contribution in [0.3, 0.4) is 0 Å². The van der Waals surface area contributed by atoms with Crippen molar-refractivity contribution in [2.75, 3.05) is 18.5 Å². The fraction of sp³-hybridized carbons (Fsp3) is 0.692. The summed E-state index contributed by atoms with van der Waals surface area (Å²) in [7, 11) is 0. The van der Waals surface area contributed by atoms with Gasteiger partial charge in [-0.25, -0.2) is 9.97 Å². The summed E-state index contributed by atoms with van der Waals surface area (Å²) in [5, 5.41) is 12.7. The second-order valence-electron chi connectivity index (χ2n) is 4.41. The predicted octanol–water partition coefficient (Wildman–Crippen LogP) is 2.90. The SMILES string of the molecule is CCCc1nc(Cl)cc(NCC(CC)CCO)n1. The first-order chi connectivity index (χ1) is 8.69. The lowest BCUT2D eigenvalue weighted by Crippen LogP contribution is -2.16. The van der Waals surface area contributed by atoms with Crippen LogP contribution in [-0.4, -0.2) is 28.2 Å². The molecule has 18 heavy (non-hydrogen) atoms. The van der Waals surface area contributed by atoms with Crippen LogP contribution in [0.2, 0.25) is 5.15 Å². The highest BCUT2D eigenvalue weighted by atomic mass is 35.5. The van der Waals surface area contributed by atoms with Gasteiger partial charge in [0.15, 0.2) is 0 Å². The molecule has 5 heteroatoms. The van der Waals surface area contributed by atoms with Crippen LogP contribution in [0.4, 0.5) is 5.82 Å². The second kappa shape index (κ2) is 8.27. The summed E-state index contributed by atoms with van der Waals surface area (Å²) < 4.78 is 0. The molecule has 102 valence electrons. The van der Waals surface area contributed by atoms with Crippen molar-refractivity contribution in [3.8, 4) is 0 Å². The molecule has 0 aliphatic rings. The molecule has 0 radical (unpaired) electrons. The number of aryl methyl sites for hydroxylation is 1. The molecule has 0 saturated carbocycles. The average Bonchev–Trinajstić information content (AvgIpc) is 2.34. The van der Waals surface area contributed by atoms with E-state index in [0.717, 1.165) is 43.9 Å². The lowest BCUT2D eigenvalue weighted by Gasteiger charge is -2.15. The molecule has 1 unspecified atom stereocenters. The summed E-state index contributed by atoms with van der Waals surface area (Å²) >= 11 is 5.96. The molecule has 1 atom stereocenters. The zero-order valence-corrected chi connectivity index (χ0v) is 11.9. The van der Waals surface area contributed by atoms with Crippen molar-refractivity contribution in [1.29, 1.82) is 0 Å². The van der Waals surface area contributed by atoms with E-state index >= 15 is 0 Å². The van der Waals surface area contributed by atoms with Gasteiger partial charge in [0.25, 0.3) is 0 Å². The summed E-state index contributed by atoms with van der Waals surface area (Å²) in [5.74, 6) is 2.01. The van der Waals surface area contributed by atoms with Crippen LogP contribution < -0.4 is 5.32 Å². The average molecular weight is 272 g/mol. The lowest BCUT2D eigenvalue weighted by molar-refractivity contribution is 0.258. The molecule has 0 spiro atoms. The number of nitrogens with one attached hydrogen (secondary N) is 1. The Morgan fingerprint density at radius 2 is 2.17 bits per heavy atom. The molecule has 0 saturated heterocycles. The van der Waals surface area contributed by atoms with Gasteiger partial charge in [-0.1, -0.05) is 31.9 Å². The van der Waals surface area contributed by atoms with Gasteiger partial charge in [-0.15, -0.1) is 0 Å². The molecule has 1 aromatic heterocycles. The minimum atomic E-state index is 0.228. The normalized spacial score (nSPS) is 12.4. The van der Waals surface area contributed by atoms with E-state index in [-0.39, 0.29) is 6.61 Å². The van der Waals surface area contributed by atoms with E-state index in [0.29, 0.717) is 11.1 Å². The Morgan fingerprint density at radius 1 is 1.39 bits per heavy atom. The second-order valence-corrected chi connectivity index (χ2v) is 4.80. The summed E-state index contributed by atoms with van der Waals surface area (Å²) in [6.45, 7) is 5.24. The minimum Gasteiger partial charge on any atom is -0.396 e. The largest absolute Gasteiger partial charge is 0.396 e. The molecule has 2 N–H and O–H groups in total. The maximum atomic E-state index is 8.95. The summed E-state index contributed by atoms with van der Waals surface area (Å²) in [4.78, 5) is 8.60. The molecule has 0 aliphatic carbocycles. The Balaban J connectivity index is 2.60. The highest BCUT2D eigenvalue weighted by Gasteiger charge is 2.07. The van der Waals surface area contributed by atoms with Crippen molar-refractivity contribution in [3.63, 3.8) is 0 Å². The Labute approximate surface area is 114 Å². The maximum absolute atomic E-state index is 8.95. The van der Waals surface area contributed by atoms with Crippen molar-refractivity contribution in [2.45, 2.75) is 39.5 Å². The number of anilines is 1. The van der Waals surface area contributed by atoms with Gasteiger partial charge < -0.3 is 10.4 Å². The van der Waals surface area contributed by atoms with E-state index in [1.807, 2.05) is 0 Å². The Hall–Kier alpha value is -0.870. The fourth-order valence-electron chi connectivity index (χ4n) is 1.77. The Bertz CT molecular complexity index is 360. The third-order valence-electron chi connectivity index (χ3n) is 2.90. The number of aliphatic hydroxyl groups is 1. The molecule has 0 aromatic carbocycles. The smallest absolute Gasteiger partial charge is 0.134 e. The van der Waals surface area contributed by atoms with Gasteiger partial charge in [0.05, 0.1) is 0 Å². The van der Waals surface area contributed by atoms with Gasteiger partial charge >= 0.3 is 0 Å². The van der Waals surface area contributed by atoms with Crippen LogP contribution in [0, 0.1) is 5.92 Å². The van der Waals surface area contributed by atoms with Crippen molar-refractivity contribution in [3.05, 3.63) is 17.0 Å². The lowest BCUT2D eigenvalue weighted by atomic mass is 10.0. The van der Waals surface area contributed by atoms with E-state index in [9.17, 15) is 0 Å². The van der Waals surface area contributed by atoms with E-state index in [1.54, 1.807) is 6.07 Å². The van der Waals surface area contributed by atoms with Crippen LogP contribution in [-0.2, 0) is 6.42 Å². The van der Waals surface area contributed by atoms with Gasteiger partial charge in [-0.3, -0.25) is 0 Å². The molecular weight excluding hydrogens is 250 g/mol. The van der Waals surface area contributed by atoms with Crippen molar-refractivity contribution >= 4 is 17.4 Å². The number of hydrogen-bond acceptors (Lipinski definition) is 4. The van der Waals surface area contributed by atoms with Gasteiger partial charge in [-0.05, 0) is 18.8 Å². The van der Waals surface area contributed by atoms with Crippen LogP contribution in [0.15, 0.2) is 6.07 Å². The summed E-state index contributed by atoms with van der Waals surface area (Å²) in [5.41, 5.74) is 0. The molecule has 0 aliphatic heterocycles. The van der Waals surface area contributed by atoms with Crippen molar-refractivity contribution in [2.24, 2.45) is 5.92 Å².